The van der Waals surface area contributed by atoms with Crippen molar-refractivity contribution < 1.29 is 14.3 Å². The lowest BCUT2D eigenvalue weighted by molar-refractivity contribution is -0.120. The Morgan fingerprint density at radius 1 is 1.19 bits per heavy atom. The molecule has 1 N–H and O–H groups in total. The van der Waals surface area contributed by atoms with Gasteiger partial charge in [0.2, 0.25) is 5.91 Å². The third-order valence-electron chi connectivity index (χ3n) is 2.96. The molecule has 4 nitrogen and oxygen atoms in total. The summed E-state index contributed by atoms with van der Waals surface area (Å²) < 4.78 is 11.1. The highest BCUT2D eigenvalue weighted by atomic mass is 79.9. The number of hydrogen-bond acceptors (Lipinski definition) is 3. The lowest BCUT2D eigenvalue weighted by Gasteiger charge is -2.13. The van der Waals surface area contributed by atoms with E-state index in [0.29, 0.717) is 19.8 Å². The van der Waals surface area contributed by atoms with Gasteiger partial charge in [0.25, 0.3) is 0 Å². The van der Waals surface area contributed by atoms with Gasteiger partial charge in [0, 0.05) is 6.54 Å². The molecule has 0 spiro atoms. The van der Waals surface area contributed by atoms with Crippen molar-refractivity contribution in [2.75, 3.05) is 19.8 Å². The van der Waals surface area contributed by atoms with Crippen LogP contribution < -0.4 is 14.8 Å². The van der Waals surface area contributed by atoms with Crippen molar-refractivity contribution in [3.63, 3.8) is 0 Å². The number of alkyl halides is 1. The van der Waals surface area contributed by atoms with E-state index in [-0.39, 0.29) is 10.7 Å². The quantitative estimate of drug-likeness (QED) is 0.689. The van der Waals surface area contributed by atoms with Crippen LogP contribution in [0.4, 0.5) is 0 Å². The molecule has 1 atom stereocenters. The van der Waals surface area contributed by atoms with Crippen LogP contribution in [0.5, 0.6) is 11.5 Å². The molecule has 21 heavy (non-hydrogen) atoms. The molecule has 1 aromatic carbocycles. The second-order valence-electron chi connectivity index (χ2n) is 4.56. The summed E-state index contributed by atoms with van der Waals surface area (Å²) in [5, 5.41) is 2.92. The molecule has 1 amide bonds. The maximum atomic E-state index is 11.7. The molecular formula is C16H24BrNO3. The van der Waals surface area contributed by atoms with Crippen LogP contribution >= 0.6 is 15.9 Å². The molecule has 0 saturated heterocycles. The molecule has 0 aromatic heterocycles. The summed E-state index contributed by atoms with van der Waals surface area (Å²) in [5.41, 5.74) is 1.12. The Kier molecular flexibility index (Phi) is 8.20. The molecule has 118 valence electrons. The number of benzene rings is 1. The number of rotatable bonds is 9. The van der Waals surface area contributed by atoms with Crippen LogP contribution in [-0.4, -0.2) is 30.5 Å². The number of carbonyl (C=O) groups excluding carboxylic acids is 1. The summed E-state index contributed by atoms with van der Waals surface area (Å²) in [6.45, 7) is 7.69. The monoisotopic (exact) mass is 357 g/mol. The smallest absolute Gasteiger partial charge is 0.233 e. The van der Waals surface area contributed by atoms with Crippen LogP contribution in [0, 0.1) is 0 Å². The first-order valence-electron chi connectivity index (χ1n) is 7.42. The van der Waals surface area contributed by atoms with E-state index in [1.54, 1.807) is 0 Å². The van der Waals surface area contributed by atoms with E-state index in [4.69, 9.17) is 9.47 Å². The Morgan fingerprint density at radius 2 is 1.86 bits per heavy atom. The summed E-state index contributed by atoms with van der Waals surface area (Å²) >= 11 is 3.34. The van der Waals surface area contributed by atoms with Gasteiger partial charge in [-0.05, 0) is 44.4 Å². The number of carbonyl (C=O) groups is 1. The summed E-state index contributed by atoms with van der Waals surface area (Å²) in [5.74, 6) is 1.56. The standard InChI is InChI=1S/C16H24BrNO3/c1-4-13(17)16(19)18-10-9-12-7-8-14(20-5-2)15(11-12)21-6-3/h7-8,11,13H,4-6,9-10H2,1-3H3,(H,18,19)/t13-/m1/s1. The van der Waals surface area contributed by atoms with E-state index in [2.05, 4.69) is 21.2 Å². The minimum atomic E-state index is -0.114. The molecule has 0 radical (unpaired) electrons. The molecule has 0 aliphatic carbocycles. The van der Waals surface area contributed by atoms with Crippen molar-refractivity contribution in [1.82, 2.24) is 5.32 Å². The summed E-state index contributed by atoms with van der Waals surface area (Å²) in [7, 11) is 0. The molecule has 0 saturated carbocycles. The van der Waals surface area contributed by atoms with E-state index in [1.807, 2.05) is 39.0 Å². The topological polar surface area (TPSA) is 47.6 Å². The third-order valence-corrected chi connectivity index (χ3v) is 4.03. The largest absolute Gasteiger partial charge is 0.490 e. The van der Waals surface area contributed by atoms with Gasteiger partial charge < -0.3 is 14.8 Å². The highest BCUT2D eigenvalue weighted by molar-refractivity contribution is 9.10. The fourth-order valence-corrected chi connectivity index (χ4v) is 2.04. The molecular weight excluding hydrogens is 334 g/mol. The van der Waals surface area contributed by atoms with Crippen molar-refractivity contribution in [3.8, 4) is 11.5 Å². The molecule has 0 unspecified atom stereocenters. The second kappa shape index (κ2) is 9.66. The third kappa shape index (κ3) is 5.96. The number of amides is 1. The Hall–Kier alpha value is -1.23. The van der Waals surface area contributed by atoms with E-state index in [9.17, 15) is 4.79 Å². The highest BCUT2D eigenvalue weighted by Crippen LogP contribution is 2.28. The highest BCUT2D eigenvalue weighted by Gasteiger charge is 2.11. The molecule has 0 heterocycles. The Morgan fingerprint density at radius 3 is 2.48 bits per heavy atom. The van der Waals surface area contributed by atoms with Crippen molar-refractivity contribution in [2.45, 2.75) is 38.4 Å². The predicted molar refractivity (Wildman–Crippen MR) is 88.5 cm³/mol. The fourth-order valence-electron chi connectivity index (χ4n) is 1.88. The van der Waals surface area contributed by atoms with Crippen LogP contribution in [0.15, 0.2) is 18.2 Å². The zero-order valence-electron chi connectivity index (χ0n) is 12.9. The molecule has 0 bridgehead atoms. The van der Waals surface area contributed by atoms with E-state index in [1.165, 1.54) is 0 Å². The average molecular weight is 358 g/mol. The van der Waals surface area contributed by atoms with Crippen molar-refractivity contribution in [1.29, 1.82) is 0 Å². The van der Waals surface area contributed by atoms with Crippen molar-refractivity contribution in [2.24, 2.45) is 0 Å². The first kappa shape index (κ1) is 17.8. The summed E-state index contributed by atoms with van der Waals surface area (Å²) in [4.78, 5) is 11.6. The molecule has 0 aliphatic rings. The number of hydrogen-bond donors (Lipinski definition) is 1. The van der Waals surface area contributed by atoms with Gasteiger partial charge in [-0.3, -0.25) is 4.79 Å². The van der Waals surface area contributed by atoms with Gasteiger partial charge in [-0.15, -0.1) is 0 Å². The fraction of sp³-hybridized carbons (Fsp3) is 0.562. The average Bonchev–Trinajstić information content (AvgIpc) is 2.49. The molecule has 5 heteroatoms. The Bertz CT molecular complexity index is 451. The molecule has 0 aliphatic heterocycles. The molecule has 1 rings (SSSR count). The van der Waals surface area contributed by atoms with Gasteiger partial charge in [-0.1, -0.05) is 28.9 Å². The Labute approximate surface area is 135 Å². The normalized spacial score (nSPS) is 11.8. The predicted octanol–water partition coefficient (Wildman–Crippen LogP) is 3.32. The van der Waals surface area contributed by atoms with Crippen LogP contribution in [0.3, 0.4) is 0 Å². The molecule has 1 aromatic rings. The lowest BCUT2D eigenvalue weighted by Crippen LogP contribution is -2.32. The minimum absolute atomic E-state index is 0.0356. The zero-order chi connectivity index (χ0) is 15.7. The SMILES string of the molecule is CCOc1ccc(CCNC(=O)[C@H](Br)CC)cc1OCC. The second-order valence-corrected chi connectivity index (χ2v) is 5.67. The first-order chi connectivity index (χ1) is 10.1. The maximum absolute atomic E-state index is 11.7. The van der Waals surface area contributed by atoms with E-state index < -0.39 is 0 Å². The van der Waals surface area contributed by atoms with Crippen molar-refractivity contribution in [3.05, 3.63) is 23.8 Å². The van der Waals surface area contributed by atoms with Crippen LogP contribution in [-0.2, 0) is 11.2 Å². The van der Waals surface area contributed by atoms with Gasteiger partial charge in [-0.2, -0.15) is 0 Å². The summed E-state index contributed by atoms with van der Waals surface area (Å²) in [6.07, 6.45) is 1.55. The summed E-state index contributed by atoms with van der Waals surface area (Å²) in [6, 6.07) is 5.90. The van der Waals surface area contributed by atoms with Gasteiger partial charge in [-0.25, -0.2) is 0 Å². The Balaban J connectivity index is 2.59. The van der Waals surface area contributed by atoms with Gasteiger partial charge in [0.1, 0.15) is 0 Å². The number of ether oxygens (including phenoxy) is 2. The number of halogens is 1. The van der Waals surface area contributed by atoms with Crippen molar-refractivity contribution >= 4 is 21.8 Å². The van der Waals surface area contributed by atoms with Crippen LogP contribution in [0.1, 0.15) is 32.8 Å². The zero-order valence-corrected chi connectivity index (χ0v) is 14.5. The first-order valence-corrected chi connectivity index (χ1v) is 8.34. The van der Waals surface area contributed by atoms with E-state index >= 15 is 0 Å². The van der Waals surface area contributed by atoms with Crippen LogP contribution in [0.2, 0.25) is 0 Å². The molecule has 0 fully saturated rings. The van der Waals surface area contributed by atoms with Crippen LogP contribution in [0.25, 0.3) is 0 Å². The lowest BCUT2D eigenvalue weighted by atomic mass is 10.1. The van der Waals surface area contributed by atoms with E-state index in [0.717, 1.165) is 29.9 Å². The minimum Gasteiger partial charge on any atom is -0.490 e. The van der Waals surface area contributed by atoms with Gasteiger partial charge in [0.15, 0.2) is 11.5 Å². The van der Waals surface area contributed by atoms with Gasteiger partial charge >= 0.3 is 0 Å². The number of nitrogens with one attached hydrogen (secondary N) is 1. The van der Waals surface area contributed by atoms with Gasteiger partial charge in [0.05, 0.1) is 18.0 Å². The maximum Gasteiger partial charge on any atom is 0.233 e.